The summed E-state index contributed by atoms with van der Waals surface area (Å²) in [5.41, 5.74) is 2.87. The molecule has 1 fully saturated rings. The van der Waals surface area contributed by atoms with Crippen LogP contribution in [-0.2, 0) is 26.3 Å². The highest BCUT2D eigenvalue weighted by Gasteiger charge is 2.62. The maximum atomic E-state index is 15.0. The van der Waals surface area contributed by atoms with Gasteiger partial charge in [-0.1, -0.05) is 65.7 Å². The van der Waals surface area contributed by atoms with E-state index in [1.807, 2.05) is 92.7 Å². The van der Waals surface area contributed by atoms with Crippen molar-refractivity contribution in [3.8, 4) is 23.0 Å². The molecule has 2 unspecified atom stereocenters. The van der Waals surface area contributed by atoms with Crippen LogP contribution in [-0.4, -0.2) is 47.0 Å². The van der Waals surface area contributed by atoms with Crippen LogP contribution in [0.1, 0.15) is 22.8 Å². The highest BCUT2D eigenvalue weighted by atomic mass is 32.2. The van der Waals surface area contributed by atoms with Crippen LogP contribution in [0, 0.1) is 19.8 Å². The first-order valence-electron chi connectivity index (χ1n) is 13.9. The molecule has 0 bridgehead atoms. The molecule has 226 valence electrons. The molecule has 0 amide bonds. The minimum Gasteiger partial charge on any atom is -0.496 e. The second-order valence-electron chi connectivity index (χ2n) is 10.4. The lowest BCUT2D eigenvalue weighted by Gasteiger charge is -2.37. The van der Waals surface area contributed by atoms with Gasteiger partial charge in [-0.05, 0) is 43.7 Å². The predicted molar refractivity (Wildman–Crippen MR) is 168 cm³/mol. The van der Waals surface area contributed by atoms with E-state index in [9.17, 15) is 0 Å². The van der Waals surface area contributed by atoms with Crippen molar-refractivity contribution in [2.75, 3.05) is 34.5 Å². The van der Waals surface area contributed by atoms with Gasteiger partial charge in [0.2, 0.25) is 5.75 Å². The lowest BCUT2D eigenvalue weighted by atomic mass is 9.99. The van der Waals surface area contributed by atoms with Crippen molar-refractivity contribution < 1.29 is 32.1 Å². The van der Waals surface area contributed by atoms with E-state index in [0.29, 0.717) is 32.8 Å². The smallest absolute Gasteiger partial charge is 0.203 e. The Morgan fingerprint density at radius 1 is 0.744 bits per heavy atom. The largest absolute Gasteiger partial charge is 0.496 e. The summed E-state index contributed by atoms with van der Waals surface area (Å²) < 4.78 is 58.1. The SMILES string of the molecule is COc1cc(OC)c(OC[C@@H]2CO[C@@H](c3ccccc3)C2(S(=O)c2ccc(C)cc2)S(=O)c2ccc(C)cc2)c(OC)c1. The van der Waals surface area contributed by atoms with Crippen molar-refractivity contribution in [1.82, 2.24) is 0 Å². The maximum Gasteiger partial charge on any atom is 0.203 e. The Balaban J connectivity index is 1.67. The van der Waals surface area contributed by atoms with E-state index in [1.54, 1.807) is 19.2 Å². The monoisotopic (exact) mass is 620 g/mol. The molecule has 0 radical (unpaired) electrons. The van der Waals surface area contributed by atoms with Crippen molar-refractivity contribution in [3.05, 3.63) is 108 Å². The van der Waals surface area contributed by atoms with Gasteiger partial charge in [-0.25, -0.2) is 0 Å². The molecule has 4 aromatic carbocycles. The van der Waals surface area contributed by atoms with Crippen LogP contribution < -0.4 is 18.9 Å². The molecule has 1 aliphatic rings. The summed E-state index contributed by atoms with van der Waals surface area (Å²) in [4.78, 5) is 1.14. The van der Waals surface area contributed by atoms with Gasteiger partial charge < -0.3 is 23.7 Å². The first-order chi connectivity index (χ1) is 20.8. The summed E-state index contributed by atoms with van der Waals surface area (Å²) in [5.74, 6) is 1.19. The average Bonchev–Trinajstić information content (AvgIpc) is 3.43. The Kier molecular flexibility index (Phi) is 9.54. The Bertz CT molecular complexity index is 1510. The van der Waals surface area contributed by atoms with Crippen molar-refractivity contribution in [3.63, 3.8) is 0 Å². The van der Waals surface area contributed by atoms with Crippen molar-refractivity contribution in [1.29, 1.82) is 0 Å². The van der Waals surface area contributed by atoms with E-state index < -0.39 is 37.7 Å². The summed E-state index contributed by atoms with van der Waals surface area (Å²) in [6.45, 7) is 4.17. The van der Waals surface area contributed by atoms with Crippen molar-refractivity contribution in [2.24, 2.45) is 5.92 Å². The number of benzene rings is 4. The third kappa shape index (κ3) is 5.94. The van der Waals surface area contributed by atoms with Crippen LogP contribution in [0.4, 0.5) is 0 Å². The second kappa shape index (κ2) is 13.3. The summed E-state index contributed by atoms with van der Waals surface area (Å²) in [6.07, 6.45) is -0.744. The van der Waals surface area contributed by atoms with Crippen LogP contribution in [0.3, 0.4) is 0 Å². The minimum absolute atomic E-state index is 0.0393. The molecule has 0 saturated carbocycles. The predicted octanol–water partition coefficient (Wildman–Crippen LogP) is 6.41. The Hall–Kier alpha value is -3.66. The molecule has 5 rings (SSSR count). The molecule has 43 heavy (non-hydrogen) atoms. The zero-order chi connectivity index (χ0) is 30.6. The van der Waals surface area contributed by atoms with Gasteiger partial charge in [0.1, 0.15) is 11.9 Å². The quantitative estimate of drug-likeness (QED) is 0.192. The van der Waals surface area contributed by atoms with E-state index in [0.717, 1.165) is 16.7 Å². The number of ether oxygens (including phenoxy) is 5. The van der Waals surface area contributed by atoms with E-state index >= 15 is 8.42 Å². The van der Waals surface area contributed by atoms with E-state index in [1.165, 1.54) is 14.2 Å². The Labute approximate surface area is 258 Å². The minimum atomic E-state index is -1.79. The van der Waals surface area contributed by atoms with Crippen molar-refractivity contribution >= 4 is 21.6 Å². The van der Waals surface area contributed by atoms with Gasteiger partial charge in [-0.3, -0.25) is 8.42 Å². The summed E-state index contributed by atoms with van der Waals surface area (Å²) in [7, 11) is 1.06. The molecule has 7 nitrogen and oxygen atoms in total. The van der Waals surface area contributed by atoms with E-state index in [4.69, 9.17) is 23.7 Å². The number of methoxy groups -OCH3 is 3. The first-order valence-corrected chi connectivity index (χ1v) is 16.2. The molecule has 0 N–H and O–H groups in total. The van der Waals surface area contributed by atoms with Gasteiger partial charge in [0.15, 0.2) is 15.6 Å². The number of hydrogen-bond donors (Lipinski definition) is 0. The zero-order valence-corrected chi connectivity index (χ0v) is 26.5. The highest BCUT2D eigenvalue weighted by molar-refractivity contribution is 8.04. The molecule has 0 aromatic heterocycles. The van der Waals surface area contributed by atoms with E-state index in [2.05, 4.69) is 0 Å². The van der Waals surface area contributed by atoms with Gasteiger partial charge in [0.05, 0.1) is 56.1 Å². The third-order valence-corrected chi connectivity index (χ3v) is 12.2. The molecular weight excluding hydrogens is 585 g/mol. The van der Waals surface area contributed by atoms with Crippen LogP contribution in [0.15, 0.2) is 101 Å². The summed E-state index contributed by atoms with van der Waals surface area (Å²) in [5, 5.41) is 0. The average molecular weight is 621 g/mol. The summed E-state index contributed by atoms with van der Waals surface area (Å²) in [6, 6.07) is 28.0. The molecule has 4 atom stereocenters. The summed E-state index contributed by atoms with van der Waals surface area (Å²) >= 11 is 0. The van der Waals surface area contributed by atoms with Gasteiger partial charge in [0.25, 0.3) is 0 Å². The first kappa shape index (κ1) is 30.8. The topological polar surface area (TPSA) is 80.3 Å². The zero-order valence-electron chi connectivity index (χ0n) is 24.9. The van der Waals surface area contributed by atoms with Gasteiger partial charge in [-0.2, -0.15) is 0 Å². The fourth-order valence-corrected chi connectivity index (χ4v) is 9.64. The molecule has 0 aliphatic carbocycles. The van der Waals surface area contributed by atoms with Crippen LogP contribution in [0.5, 0.6) is 23.0 Å². The second-order valence-corrected chi connectivity index (χ2v) is 14.0. The molecule has 1 saturated heterocycles. The maximum absolute atomic E-state index is 15.0. The number of rotatable bonds is 11. The van der Waals surface area contributed by atoms with Crippen molar-refractivity contribution in [2.45, 2.75) is 33.8 Å². The van der Waals surface area contributed by atoms with Crippen LogP contribution in [0.2, 0.25) is 0 Å². The van der Waals surface area contributed by atoms with Crippen LogP contribution >= 0.6 is 0 Å². The molecule has 1 heterocycles. The fraction of sp³-hybridized carbons (Fsp3) is 0.294. The lowest BCUT2D eigenvalue weighted by molar-refractivity contribution is 0.101. The Morgan fingerprint density at radius 3 is 1.72 bits per heavy atom. The Morgan fingerprint density at radius 2 is 1.26 bits per heavy atom. The number of hydrogen-bond acceptors (Lipinski definition) is 7. The van der Waals surface area contributed by atoms with Gasteiger partial charge >= 0.3 is 0 Å². The molecule has 9 heteroatoms. The standard InChI is InChI=1S/C34H36O7S2/c1-23-11-15-28(16-12-23)42(35)34(43(36)29-17-13-24(2)14-18-29)26(22-41-33(34)25-9-7-6-8-10-25)21-40-32-30(38-4)19-27(37-3)20-31(32)39-5/h6-20,26,33H,21-22H2,1-5H3/t26-,33+,34?,42?,43?/m1/s1. The van der Waals surface area contributed by atoms with Gasteiger partial charge in [-0.15, -0.1) is 0 Å². The fourth-order valence-electron chi connectivity index (χ4n) is 5.34. The van der Waals surface area contributed by atoms with Gasteiger partial charge in [0, 0.05) is 27.8 Å². The third-order valence-electron chi connectivity index (χ3n) is 7.65. The lowest BCUT2D eigenvalue weighted by Crippen LogP contribution is -2.49. The molecular formula is C34H36O7S2. The number of aryl methyl sites for hydroxylation is 2. The normalized spacial score (nSPS) is 21.1. The van der Waals surface area contributed by atoms with E-state index in [-0.39, 0.29) is 13.2 Å². The molecule has 0 spiro atoms. The van der Waals surface area contributed by atoms with Crippen LogP contribution in [0.25, 0.3) is 0 Å². The molecule has 1 aliphatic heterocycles. The highest BCUT2D eigenvalue weighted by Crippen LogP contribution is 2.52. The molecule has 4 aromatic rings.